The summed E-state index contributed by atoms with van der Waals surface area (Å²) >= 11 is 0. The van der Waals surface area contributed by atoms with Gasteiger partial charge < -0.3 is 24.4 Å². The number of nitrogens with one attached hydrogen (secondary N) is 1. The van der Waals surface area contributed by atoms with Crippen LogP contribution >= 0.6 is 0 Å². The third-order valence-corrected chi connectivity index (χ3v) is 9.32. The van der Waals surface area contributed by atoms with Gasteiger partial charge in [-0.15, -0.1) is 0 Å². The van der Waals surface area contributed by atoms with Gasteiger partial charge in [-0.05, 0) is 56.3 Å². The van der Waals surface area contributed by atoms with Gasteiger partial charge in [0.15, 0.2) is 0 Å². The standard InChI is InChI=1S/C29H45FN3O5/c1-21-24(8-5-9-26(21)30)29(38-4)12-16-33(17-18-36-2,28(35)22-7-6-13-31-19-22)20-25(29)27(34)32-14-10-23(37-3)11-15-32/h5,8-9,22-23,25,31H,6-7,10-20H2,1-4H3/q+1/t22-,25-,29?,33?/m0/s1. The number of hydrogen-bond acceptors (Lipinski definition) is 6. The van der Waals surface area contributed by atoms with Crippen LogP contribution in [0, 0.1) is 24.6 Å². The molecule has 0 bridgehead atoms. The summed E-state index contributed by atoms with van der Waals surface area (Å²) in [5.74, 6) is -0.913. The van der Waals surface area contributed by atoms with Crippen molar-refractivity contribution in [2.75, 3.05) is 73.7 Å². The van der Waals surface area contributed by atoms with Crippen molar-refractivity contribution in [3.8, 4) is 0 Å². The lowest BCUT2D eigenvalue weighted by Crippen LogP contribution is -2.69. The molecule has 2 unspecified atom stereocenters. The SMILES string of the molecule is COCC[N+]1(C(=O)[C@H]2CCCNC2)CCC(OC)(c2cccc(F)c2C)[C@H](C(=O)N2CCC(OC)CC2)C1. The number of carbonyl (C=O) groups is 2. The molecular weight excluding hydrogens is 489 g/mol. The van der Waals surface area contributed by atoms with E-state index in [1.165, 1.54) is 6.07 Å². The van der Waals surface area contributed by atoms with Crippen molar-refractivity contribution in [1.82, 2.24) is 10.2 Å². The van der Waals surface area contributed by atoms with Crippen molar-refractivity contribution < 1.29 is 32.7 Å². The number of likely N-dealkylation sites (tertiary alicyclic amines) is 2. The molecule has 1 N–H and O–H groups in total. The Labute approximate surface area is 226 Å². The van der Waals surface area contributed by atoms with Crippen LogP contribution in [0.15, 0.2) is 18.2 Å². The molecule has 1 aromatic carbocycles. The van der Waals surface area contributed by atoms with Crippen LogP contribution in [0.1, 0.15) is 43.2 Å². The van der Waals surface area contributed by atoms with Crippen LogP contribution < -0.4 is 5.32 Å². The van der Waals surface area contributed by atoms with E-state index in [4.69, 9.17) is 14.2 Å². The summed E-state index contributed by atoms with van der Waals surface area (Å²) in [6.45, 7) is 6.26. The first-order chi connectivity index (χ1) is 18.3. The fourth-order valence-corrected chi connectivity index (χ4v) is 6.92. The molecule has 2 amide bonds. The molecule has 3 fully saturated rings. The second-order valence-electron chi connectivity index (χ2n) is 11.2. The predicted molar refractivity (Wildman–Crippen MR) is 142 cm³/mol. The second kappa shape index (κ2) is 12.5. The molecule has 0 aliphatic carbocycles. The van der Waals surface area contributed by atoms with Gasteiger partial charge in [-0.1, -0.05) is 12.1 Å². The molecule has 3 aliphatic rings. The Bertz CT molecular complexity index is 979. The number of nitrogens with zero attached hydrogens (tertiary/aromatic N) is 2. The minimum atomic E-state index is -1.03. The van der Waals surface area contributed by atoms with Crippen molar-refractivity contribution >= 4 is 11.8 Å². The minimum Gasteiger partial charge on any atom is -0.381 e. The summed E-state index contributed by atoms with van der Waals surface area (Å²) in [6, 6.07) is 5.00. The molecule has 0 aromatic heterocycles. The lowest BCUT2D eigenvalue weighted by molar-refractivity contribution is -0.868. The average Bonchev–Trinajstić information content (AvgIpc) is 2.97. The predicted octanol–water partition coefficient (Wildman–Crippen LogP) is 2.62. The number of amides is 2. The summed E-state index contributed by atoms with van der Waals surface area (Å²) in [7, 11) is 4.97. The van der Waals surface area contributed by atoms with Crippen molar-refractivity contribution in [2.24, 2.45) is 11.8 Å². The third kappa shape index (κ3) is 5.54. The summed E-state index contributed by atoms with van der Waals surface area (Å²) in [4.78, 5) is 30.5. The highest BCUT2D eigenvalue weighted by Gasteiger charge is 2.58. The van der Waals surface area contributed by atoms with E-state index in [0.717, 1.165) is 32.2 Å². The maximum atomic E-state index is 14.8. The zero-order chi connectivity index (χ0) is 27.3. The zero-order valence-electron chi connectivity index (χ0n) is 23.5. The number of piperidine rings is 3. The molecule has 3 heterocycles. The monoisotopic (exact) mass is 534 g/mol. The van der Waals surface area contributed by atoms with Gasteiger partial charge in [0.2, 0.25) is 5.91 Å². The van der Waals surface area contributed by atoms with Gasteiger partial charge in [0.05, 0.1) is 25.2 Å². The molecule has 3 saturated heterocycles. The summed E-state index contributed by atoms with van der Waals surface area (Å²) in [5.41, 5.74) is 0.160. The Morgan fingerprint density at radius 3 is 2.58 bits per heavy atom. The lowest BCUT2D eigenvalue weighted by atomic mass is 9.72. The number of benzene rings is 1. The molecule has 0 saturated carbocycles. The van der Waals surface area contributed by atoms with Crippen LogP contribution in [0.5, 0.6) is 0 Å². The quantitative estimate of drug-likeness (QED) is 0.517. The number of quaternary nitrogens is 1. The Hall–Kier alpha value is -1.91. The lowest BCUT2D eigenvalue weighted by Gasteiger charge is -2.52. The molecule has 4 rings (SSSR count). The first kappa shape index (κ1) is 29.1. The van der Waals surface area contributed by atoms with E-state index >= 15 is 0 Å². The zero-order valence-corrected chi connectivity index (χ0v) is 23.5. The van der Waals surface area contributed by atoms with Crippen LogP contribution in [0.25, 0.3) is 0 Å². The number of carbonyl (C=O) groups excluding carboxylic acids is 2. The number of halogens is 1. The van der Waals surface area contributed by atoms with E-state index in [-0.39, 0.29) is 34.1 Å². The van der Waals surface area contributed by atoms with E-state index in [0.29, 0.717) is 63.4 Å². The molecule has 3 aliphatic heterocycles. The molecule has 4 atom stereocenters. The van der Waals surface area contributed by atoms with E-state index in [1.807, 2.05) is 11.0 Å². The van der Waals surface area contributed by atoms with Gasteiger partial charge in [0.25, 0.3) is 0 Å². The van der Waals surface area contributed by atoms with E-state index in [9.17, 15) is 14.0 Å². The Kier molecular flexibility index (Phi) is 9.58. The van der Waals surface area contributed by atoms with Crippen LogP contribution in [0.2, 0.25) is 0 Å². The van der Waals surface area contributed by atoms with Gasteiger partial charge in [0, 0.05) is 47.4 Å². The average molecular weight is 535 g/mol. The minimum absolute atomic E-state index is 0.0285. The van der Waals surface area contributed by atoms with Gasteiger partial charge in [-0.3, -0.25) is 9.28 Å². The molecule has 9 heteroatoms. The number of rotatable bonds is 8. The van der Waals surface area contributed by atoms with Crippen LogP contribution in [0.3, 0.4) is 0 Å². The van der Waals surface area contributed by atoms with Crippen LogP contribution in [-0.2, 0) is 29.4 Å². The molecule has 0 radical (unpaired) electrons. The number of ether oxygens (including phenoxy) is 3. The fourth-order valence-electron chi connectivity index (χ4n) is 6.92. The Morgan fingerprint density at radius 1 is 1.18 bits per heavy atom. The van der Waals surface area contributed by atoms with Gasteiger partial charge in [-0.25, -0.2) is 9.18 Å². The molecule has 1 aromatic rings. The summed E-state index contributed by atoms with van der Waals surface area (Å²) in [6.07, 6.45) is 3.92. The highest BCUT2D eigenvalue weighted by molar-refractivity contribution is 5.82. The molecule has 0 spiro atoms. The van der Waals surface area contributed by atoms with Crippen LogP contribution in [0.4, 0.5) is 4.39 Å². The highest BCUT2D eigenvalue weighted by atomic mass is 19.1. The highest BCUT2D eigenvalue weighted by Crippen LogP contribution is 2.46. The van der Waals surface area contributed by atoms with Gasteiger partial charge >= 0.3 is 5.91 Å². The second-order valence-corrected chi connectivity index (χ2v) is 11.2. The molecule has 212 valence electrons. The van der Waals surface area contributed by atoms with Crippen molar-refractivity contribution in [2.45, 2.75) is 50.7 Å². The van der Waals surface area contributed by atoms with E-state index in [2.05, 4.69) is 5.32 Å². The maximum absolute atomic E-state index is 14.8. The van der Waals surface area contributed by atoms with Crippen molar-refractivity contribution in [1.29, 1.82) is 0 Å². The summed E-state index contributed by atoms with van der Waals surface area (Å²) < 4.78 is 32.3. The Morgan fingerprint density at radius 2 is 1.95 bits per heavy atom. The van der Waals surface area contributed by atoms with Crippen LogP contribution in [-0.4, -0.2) is 101 Å². The fraction of sp³-hybridized carbons (Fsp3) is 0.724. The number of methoxy groups -OCH3 is 3. The molecule has 38 heavy (non-hydrogen) atoms. The van der Waals surface area contributed by atoms with E-state index in [1.54, 1.807) is 34.3 Å². The third-order valence-electron chi connectivity index (χ3n) is 9.32. The van der Waals surface area contributed by atoms with Crippen molar-refractivity contribution in [3.05, 3.63) is 35.1 Å². The van der Waals surface area contributed by atoms with Gasteiger partial charge in [0.1, 0.15) is 30.4 Å². The maximum Gasteiger partial charge on any atom is 0.318 e. The van der Waals surface area contributed by atoms with E-state index < -0.39 is 11.5 Å². The van der Waals surface area contributed by atoms with Crippen molar-refractivity contribution in [3.63, 3.8) is 0 Å². The Balaban J connectivity index is 1.75. The molecule has 8 nitrogen and oxygen atoms in total. The largest absolute Gasteiger partial charge is 0.381 e. The topological polar surface area (TPSA) is 77.1 Å². The smallest absolute Gasteiger partial charge is 0.318 e. The molecular formula is C29H45FN3O5+. The normalized spacial score (nSPS) is 30.8. The van der Waals surface area contributed by atoms with Gasteiger partial charge in [-0.2, -0.15) is 0 Å². The summed E-state index contributed by atoms with van der Waals surface area (Å²) in [5, 5.41) is 3.37. The number of hydrogen-bond donors (Lipinski definition) is 1. The first-order valence-electron chi connectivity index (χ1n) is 14.0. The first-order valence-corrected chi connectivity index (χ1v) is 14.0.